The van der Waals surface area contributed by atoms with Crippen LogP contribution in [-0.4, -0.2) is 31.1 Å². The van der Waals surface area contributed by atoms with Crippen molar-refractivity contribution in [2.45, 2.75) is 33.8 Å². The maximum Gasteiger partial charge on any atom is 0.347 e. The van der Waals surface area contributed by atoms with Crippen LogP contribution in [0.2, 0.25) is 0 Å². The van der Waals surface area contributed by atoms with Crippen molar-refractivity contribution in [3.8, 4) is 17.2 Å². The van der Waals surface area contributed by atoms with Crippen LogP contribution in [-0.2, 0) is 9.53 Å². The van der Waals surface area contributed by atoms with Crippen LogP contribution in [0.15, 0.2) is 42.2 Å². The molecule has 1 aliphatic rings. The molecule has 2 aromatic carbocycles. The van der Waals surface area contributed by atoms with E-state index in [4.69, 9.17) is 18.9 Å². The Morgan fingerprint density at radius 2 is 1.83 bits per heavy atom. The minimum absolute atomic E-state index is 0.184. The van der Waals surface area contributed by atoms with E-state index in [2.05, 4.69) is 0 Å². The lowest BCUT2D eigenvalue weighted by Gasteiger charge is -2.14. The lowest BCUT2D eigenvalue weighted by Crippen LogP contribution is -2.26. The fourth-order valence-electron chi connectivity index (χ4n) is 3.04. The normalized spacial score (nSPS) is 14.9. The second-order valence-corrected chi connectivity index (χ2v) is 6.57. The average molecular weight is 396 g/mol. The molecule has 3 rings (SSSR count). The summed E-state index contributed by atoms with van der Waals surface area (Å²) in [7, 11) is 0. The molecule has 0 saturated carbocycles. The first kappa shape index (κ1) is 20.5. The van der Waals surface area contributed by atoms with Crippen LogP contribution < -0.4 is 14.2 Å². The summed E-state index contributed by atoms with van der Waals surface area (Å²) in [6.45, 7) is 7.96. The third-order valence-corrected chi connectivity index (χ3v) is 4.36. The number of hydrogen-bond acceptors (Lipinski definition) is 6. The summed E-state index contributed by atoms with van der Waals surface area (Å²) in [4.78, 5) is 24.6. The molecule has 152 valence electrons. The van der Waals surface area contributed by atoms with Gasteiger partial charge in [-0.15, -0.1) is 0 Å². The van der Waals surface area contributed by atoms with Gasteiger partial charge in [0.1, 0.15) is 17.2 Å². The molecule has 29 heavy (non-hydrogen) atoms. The number of rotatable bonds is 7. The zero-order chi connectivity index (χ0) is 21.0. The van der Waals surface area contributed by atoms with Crippen molar-refractivity contribution < 1.29 is 28.5 Å². The van der Waals surface area contributed by atoms with Crippen LogP contribution in [0.3, 0.4) is 0 Å². The predicted molar refractivity (Wildman–Crippen MR) is 108 cm³/mol. The van der Waals surface area contributed by atoms with Gasteiger partial charge in [-0.3, -0.25) is 4.79 Å². The van der Waals surface area contributed by atoms with Crippen molar-refractivity contribution in [2.75, 3.05) is 13.2 Å². The summed E-state index contributed by atoms with van der Waals surface area (Å²) in [5.41, 5.74) is 2.04. The first-order valence-corrected chi connectivity index (χ1v) is 9.58. The van der Waals surface area contributed by atoms with Gasteiger partial charge in [-0.05, 0) is 63.1 Å². The van der Waals surface area contributed by atoms with E-state index >= 15 is 0 Å². The monoisotopic (exact) mass is 396 g/mol. The summed E-state index contributed by atoms with van der Waals surface area (Å²) in [6, 6.07) is 10.7. The Hall–Kier alpha value is -3.28. The van der Waals surface area contributed by atoms with Gasteiger partial charge in [-0.25, -0.2) is 4.79 Å². The van der Waals surface area contributed by atoms with E-state index in [1.54, 1.807) is 32.1 Å². The molecular weight excluding hydrogens is 372 g/mol. The van der Waals surface area contributed by atoms with Gasteiger partial charge >= 0.3 is 5.97 Å². The molecule has 1 heterocycles. The molecule has 0 aliphatic carbocycles. The van der Waals surface area contributed by atoms with Crippen molar-refractivity contribution in [2.24, 2.45) is 0 Å². The molecule has 1 unspecified atom stereocenters. The second-order valence-electron chi connectivity index (χ2n) is 6.57. The highest BCUT2D eigenvalue weighted by atomic mass is 16.6. The maximum absolute atomic E-state index is 12.8. The van der Waals surface area contributed by atoms with Crippen LogP contribution in [0.1, 0.15) is 42.3 Å². The number of Topliss-reactive ketones (excluding diaryl/α,β-unsaturated/α-hetero) is 1. The Kier molecular flexibility index (Phi) is 6.22. The number of ether oxygens (including phenoxy) is 4. The van der Waals surface area contributed by atoms with E-state index in [0.29, 0.717) is 29.2 Å². The molecule has 0 fully saturated rings. The van der Waals surface area contributed by atoms with Crippen LogP contribution >= 0.6 is 0 Å². The maximum atomic E-state index is 12.8. The highest BCUT2D eigenvalue weighted by molar-refractivity contribution is 6.15. The standard InChI is InChI=1S/C23H24O6/c1-5-26-17-9-7-16(8-10-17)12-20-22(24)21-14(3)11-18(13-19(21)29-20)28-15(4)23(25)27-6-2/h7-13,15H,5-6H2,1-4H3/b20-12-. The number of esters is 1. The molecule has 1 atom stereocenters. The molecule has 0 radical (unpaired) electrons. The van der Waals surface area contributed by atoms with Crippen molar-refractivity contribution in [3.63, 3.8) is 0 Å². The third kappa shape index (κ3) is 4.59. The Labute approximate surface area is 170 Å². The van der Waals surface area contributed by atoms with E-state index < -0.39 is 12.1 Å². The van der Waals surface area contributed by atoms with E-state index in [1.165, 1.54) is 0 Å². The zero-order valence-corrected chi connectivity index (χ0v) is 17.0. The molecule has 0 saturated heterocycles. The number of hydrogen-bond donors (Lipinski definition) is 0. The lowest BCUT2D eigenvalue weighted by molar-refractivity contribution is -0.150. The minimum atomic E-state index is -0.761. The van der Waals surface area contributed by atoms with Gasteiger partial charge in [0, 0.05) is 6.07 Å². The molecule has 0 bridgehead atoms. The summed E-state index contributed by atoms with van der Waals surface area (Å²) in [5, 5.41) is 0. The first-order chi connectivity index (χ1) is 13.9. The number of benzene rings is 2. The number of carbonyl (C=O) groups is 2. The molecule has 6 nitrogen and oxygen atoms in total. The molecule has 2 aromatic rings. The fraction of sp³-hybridized carbons (Fsp3) is 0.304. The van der Waals surface area contributed by atoms with Crippen LogP contribution in [0.25, 0.3) is 6.08 Å². The van der Waals surface area contributed by atoms with Crippen molar-refractivity contribution in [1.29, 1.82) is 0 Å². The molecule has 0 N–H and O–H groups in total. The van der Waals surface area contributed by atoms with Crippen LogP contribution in [0.4, 0.5) is 0 Å². The van der Waals surface area contributed by atoms with Gasteiger partial charge in [-0.2, -0.15) is 0 Å². The predicted octanol–water partition coefficient (Wildman–Crippen LogP) is 4.34. The van der Waals surface area contributed by atoms with E-state index in [-0.39, 0.29) is 18.1 Å². The Balaban J connectivity index is 1.80. The summed E-state index contributed by atoms with van der Waals surface area (Å²) >= 11 is 0. The van der Waals surface area contributed by atoms with Gasteiger partial charge < -0.3 is 18.9 Å². The van der Waals surface area contributed by atoms with Crippen molar-refractivity contribution in [1.82, 2.24) is 0 Å². The quantitative estimate of drug-likeness (QED) is 0.512. The van der Waals surface area contributed by atoms with Crippen LogP contribution in [0.5, 0.6) is 17.2 Å². The number of carbonyl (C=O) groups excluding carboxylic acids is 2. The molecule has 0 aromatic heterocycles. The number of aryl methyl sites for hydroxylation is 1. The smallest absolute Gasteiger partial charge is 0.347 e. The topological polar surface area (TPSA) is 71.1 Å². The van der Waals surface area contributed by atoms with Gasteiger partial charge in [-0.1, -0.05) is 12.1 Å². The van der Waals surface area contributed by atoms with Crippen molar-refractivity contribution in [3.05, 3.63) is 58.8 Å². The van der Waals surface area contributed by atoms with Gasteiger partial charge in [0.05, 0.1) is 18.8 Å². The third-order valence-electron chi connectivity index (χ3n) is 4.36. The van der Waals surface area contributed by atoms with E-state index in [0.717, 1.165) is 11.3 Å². The van der Waals surface area contributed by atoms with E-state index in [1.807, 2.05) is 38.1 Å². The highest BCUT2D eigenvalue weighted by Crippen LogP contribution is 2.37. The van der Waals surface area contributed by atoms with Crippen LogP contribution in [0, 0.1) is 6.92 Å². The van der Waals surface area contributed by atoms with Gasteiger partial charge in [0.15, 0.2) is 11.9 Å². The molecular formula is C23H24O6. The number of fused-ring (bicyclic) bond motifs is 1. The molecule has 1 aliphatic heterocycles. The SMILES string of the molecule is CCOC(=O)C(C)Oc1cc(C)c2c(c1)O/C(=C\c1ccc(OCC)cc1)C2=O. The fourth-order valence-corrected chi connectivity index (χ4v) is 3.04. The lowest BCUT2D eigenvalue weighted by atomic mass is 10.0. The molecule has 6 heteroatoms. The molecule has 0 amide bonds. The molecule has 0 spiro atoms. The summed E-state index contributed by atoms with van der Waals surface area (Å²) in [6.07, 6.45) is 0.933. The number of allylic oxidation sites excluding steroid dienone is 1. The Morgan fingerprint density at radius 3 is 2.48 bits per heavy atom. The largest absolute Gasteiger partial charge is 0.494 e. The van der Waals surface area contributed by atoms with Crippen molar-refractivity contribution >= 4 is 17.8 Å². The summed E-state index contributed by atoms with van der Waals surface area (Å²) < 4.78 is 21.8. The van der Waals surface area contributed by atoms with E-state index in [9.17, 15) is 9.59 Å². The minimum Gasteiger partial charge on any atom is -0.494 e. The number of ketones is 1. The zero-order valence-electron chi connectivity index (χ0n) is 17.0. The Bertz CT molecular complexity index is 943. The second kappa shape index (κ2) is 8.82. The highest BCUT2D eigenvalue weighted by Gasteiger charge is 2.30. The summed E-state index contributed by atoms with van der Waals surface area (Å²) in [5.74, 6) is 1.23. The Morgan fingerprint density at radius 1 is 1.10 bits per heavy atom. The van der Waals surface area contributed by atoms with Gasteiger partial charge in [0.25, 0.3) is 0 Å². The first-order valence-electron chi connectivity index (χ1n) is 9.58. The average Bonchev–Trinajstić information content (AvgIpc) is 2.99. The van der Waals surface area contributed by atoms with Gasteiger partial charge in [0.2, 0.25) is 5.78 Å².